The van der Waals surface area contributed by atoms with Crippen LogP contribution in [-0.4, -0.2) is 75.4 Å². The number of nitrogens with one attached hydrogen (secondary N) is 3. The number of H-pyrrole nitrogens is 1. The van der Waals surface area contributed by atoms with Gasteiger partial charge in [0, 0.05) is 54.3 Å². The minimum atomic E-state index is -4.71. The summed E-state index contributed by atoms with van der Waals surface area (Å²) >= 11 is 0. The van der Waals surface area contributed by atoms with Crippen molar-refractivity contribution in [2.75, 3.05) is 18.5 Å². The van der Waals surface area contributed by atoms with Crippen molar-refractivity contribution >= 4 is 21.9 Å². The minimum Gasteiger partial charge on any atom is -0.508 e. The lowest BCUT2D eigenvalue weighted by atomic mass is 9.64. The standard InChI is InChI=1S/C73H84N6O8S/c1-43-14-15-49-36-56-22-25-58(49)62(43)39-65(88(83,84)85)63-38-52-34-51(37-57-33-45(42-80)10-5-11-48-35-55(81)21-24-60(48)70(52)86-57)67(63)46-16-19-53(20-17-46)73(87-56,79-71(74)75)41-54(32-44-8-3-2-4-9-44)72(82)29-6-12-50(40-72)59-23-18-47-28-31-77-69-64(27-26-61(59)68(47)69)78-66-13-7-30-76-66/h2-4,7-9,13,16-25,30,35-36,38,43,45,50-51,54,57,62-65,67,69-70,76-78,80-82H,6,10,12,14-15,26-29,31-34,37,39-42H2,1H3,(H4,74,75,79)(H,83,84,85). The van der Waals surface area contributed by atoms with Crippen LogP contribution in [0.25, 0.3) is 0 Å². The largest absolute Gasteiger partial charge is 0.508 e. The van der Waals surface area contributed by atoms with Gasteiger partial charge in [0.2, 0.25) is 5.72 Å². The highest BCUT2D eigenvalue weighted by atomic mass is 32.2. The molecule has 4 aliphatic carbocycles. The van der Waals surface area contributed by atoms with E-state index in [0.29, 0.717) is 61.8 Å². The van der Waals surface area contributed by atoms with Crippen LogP contribution in [0.15, 0.2) is 138 Å². The van der Waals surface area contributed by atoms with E-state index in [9.17, 15) is 28.3 Å². The molecule has 6 aromatic rings. The molecule has 10 bridgehead atoms. The van der Waals surface area contributed by atoms with Crippen molar-refractivity contribution in [1.29, 1.82) is 0 Å². The van der Waals surface area contributed by atoms with E-state index in [2.05, 4.69) is 107 Å². The number of aliphatic hydroxyl groups is 2. The van der Waals surface area contributed by atoms with E-state index in [-0.39, 0.29) is 78.9 Å². The third-order valence-corrected chi connectivity index (χ3v) is 23.2. The van der Waals surface area contributed by atoms with E-state index in [0.717, 1.165) is 90.7 Å². The molecule has 15 atom stereocenters. The Morgan fingerprint density at radius 2 is 1.73 bits per heavy atom. The third kappa shape index (κ3) is 11.4. The number of aliphatic imine (C=N–C) groups is 1. The predicted octanol–water partition coefficient (Wildman–Crippen LogP) is 11.4. The number of phenols is 1. The number of hydrogen-bond donors (Lipinski definition) is 9. The molecule has 88 heavy (non-hydrogen) atoms. The van der Waals surface area contributed by atoms with Crippen LogP contribution in [0.1, 0.15) is 175 Å². The van der Waals surface area contributed by atoms with Crippen LogP contribution in [-0.2, 0) is 46.3 Å². The highest BCUT2D eigenvalue weighted by Crippen LogP contribution is 2.56. The zero-order valence-corrected chi connectivity index (χ0v) is 51.1. The van der Waals surface area contributed by atoms with Crippen molar-refractivity contribution in [2.45, 2.75) is 168 Å². The van der Waals surface area contributed by atoms with E-state index in [1.165, 1.54) is 22.3 Å². The van der Waals surface area contributed by atoms with Gasteiger partial charge in [-0.1, -0.05) is 104 Å². The quantitative estimate of drug-likeness (QED) is 0.0194. The average molecular weight is 1210 g/mol. The molecule has 16 rings (SSSR count). The second-order valence-electron chi connectivity index (χ2n) is 27.3. The van der Waals surface area contributed by atoms with Crippen LogP contribution in [0.2, 0.25) is 0 Å². The molecule has 0 spiro atoms. The van der Waals surface area contributed by atoms with Crippen molar-refractivity contribution in [3.05, 3.63) is 194 Å². The fourth-order valence-electron chi connectivity index (χ4n) is 17.9. The Morgan fingerprint density at radius 3 is 2.52 bits per heavy atom. The van der Waals surface area contributed by atoms with E-state index < -0.39 is 50.6 Å². The number of rotatable bonds is 11. The molecule has 15 unspecified atom stereocenters. The van der Waals surface area contributed by atoms with E-state index in [4.69, 9.17) is 25.9 Å². The minimum absolute atomic E-state index is 0.0759. The summed E-state index contributed by atoms with van der Waals surface area (Å²) < 4.78 is 55.7. The van der Waals surface area contributed by atoms with Crippen molar-refractivity contribution < 1.29 is 37.8 Å². The third-order valence-electron chi connectivity index (χ3n) is 22.0. The zero-order chi connectivity index (χ0) is 60.5. The van der Waals surface area contributed by atoms with Gasteiger partial charge in [-0.05, 0) is 224 Å². The highest BCUT2D eigenvalue weighted by molar-refractivity contribution is 7.86. The molecule has 0 radical (unpaired) electrons. The SMILES string of the molecule is CC1CCc2cc3ccc2C1CC(S(=O)(=O)O)C1C=C2CC(CC4CC(CO)CC#Cc5cc(O)ccc5C2O4)C1c1ccc(cc1)C(CC(Cc1ccccc1)C1(O)CCCC(c2ccc4c5c2CCC(Nc2ccc[nH]2)C5NCC4)C1)(N=C(N)N)O3. The number of aromatic nitrogens is 1. The number of benzene rings is 5. The summed E-state index contributed by atoms with van der Waals surface area (Å²) in [4.78, 5) is 8.61. The summed E-state index contributed by atoms with van der Waals surface area (Å²) in [5.74, 6) is 6.21. The van der Waals surface area contributed by atoms with Crippen LogP contribution in [0.3, 0.4) is 0 Å². The number of aromatic hydroxyl groups is 1. The first-order valence-corrected chi connectivity index (χ1v) is 33.9. The lowest BCUT2D eigenvalue weighted by Crippen LogP contribution is -2.48. The van der Waals surface area contributed by atoms with E-state index in [1.807, 2.05) is 42.6 Å². The van der Waals surface area contributed by atoms with E-state index in [1.54, 1.807) is 12.1 Å². The first-order valence-electron chi connectivity index (χ1n) is 32.4. The number of aromatic amines is 1. The Labute approximate surface area is 517 Å². The number of aryl methyl sites for hydroxylation is 1. The summed E-state index contributed by atoms with van der Waals surface area (Å²) in [6.07, 6.45) is 13.6. The molecule has 2 fully saturated rings. The molecule has 460 valence electrons. The maximum absolute atomic E-state index is 14.6. The van der Waals surface area contributed by atoms with Gasteiger partial charge in [-0.3, -0.25) is 4.55 Å². The zero-order valence-electron chi connectivity index (χ0n) is 50.3. The Morgan fingerprint density at radius 1 is 0.898 bits per heavy atom. The van der Waals surface area contributed by atoms with Gasteiger partial charge in [0.25, 0.3) is 10.1 Å². The van der Waals surface area contributed by atoms with Crippen molar-refractivity contribution in [1.82, 2.24) is 10.3 Å². The lowest BCUT2D eigenvalue weighted by Gasteiger charge is -2.47. The number of phenolic OH excluding ortho intramolecular Hbond substituents is 1. The van der Waals surface area contributed by atoms with Gasteiger partial charge in [0.1, 0.15) is 23.4 Å². The number of nitrogens with zero attached hydrogens (tertiary/aromatic N) is 1. The van der Waals surface area contributed by atoms with E-state index >= 15 is 0 Å². The summed E-state index contributed by atoms with van der Waals surface area (Å²) in [6.45, 7) is 3.04. The number of anilines is 1. The van der Waals surface area contributed by atoms with Gasteiger partial charge in [-0.25, -0.2) is 4.99 Å². The van der Waals surface area contributed by atoms with Gasteiger partial charge in [0.15, 0.2) is 5.96 Å². The van der Waals surface area contributed by atoms with Gasteiger partial charge < -0.3 is 51.9 Å². The topological polar surface area (TPSA) is 238 Å². The fourth-order valence-corrected chi connectivity index (χ4v) is 19.0. The molecule has 10 aliphatic rings. The van der Waals surface area contributed by atoms with Crippen molar-refractivity contribution in [2.24, 2.45) is 46.0 Å². The number of guanidine groups is 1. The number of nitrogens with two attached hydrogens (primary N) is 2. The molecule has 1 saturated heterocycles. The molecular formula is C73H84N6O8S. The molecule has 1 aromatic heterocycles. The maximum Gasteiger partial charge on any atom is 0.268 e. The van der Waals surface area contributed by atoms with Gasteiger partial charge >= 0.3 is 0 Å². The number of ether oxygens (including phenoxy) is 2. The Kier molecular flexibility index (Phi) is 15.9. The second kappa shape index (κ2) is 23.8. The molecule has 0 amide bonds. The normalized spacial score (nSPS) is 31.7. The van der Waals surface area contributed by atoms with Crippen LogP contribution in [0.5, 0.6) is 11.5 Å². The van der Waals surface area contributed by atoms with Crippen molar-refractivity contribution in [3.8, 4) is 23.3 Å². The van der Waals surface area contributed by atoms with Crippen molar-refractivity contribution in [3.63, 3.8) is 0 Å². The lowest BCUT2D eigenvalue weighted by molar-refractivity contribution is -0.0834. The van der Waals surface area contributed by atoms with Crippen LogP contribution in [0, 0.1) is 41.4 Å². The second-order valence-corrected chi connectivity index (χ2v) is 28.9. The Hall–Kier alpha value is -6.90. The fraction of sp³-hybridized carbons (Fsp3) is 0.466. The first kappa shape index (κ1) is 58.8. The number of fused-ring (bicyclic) bond motifs is 9. The van der Waals surface area contributed by atoms with Gasteiger partial charge in [0.05, 0.1) is 23.0 Å². The molecule has 1 saturated carbocycles. The molecule has 15 heteroatoms. The molecule has 11 N–H and O–H groups in total. The molecular weight excluding hydrogens is 1120 g/mol. The summed E-state index contributed by atoms with van der Waals surface area (Å²) in [5.41, 5.74) is 23.3. The monoisotopic (exact) mass is 1200 g/mol. The summed E-state index contributed by atoms with van der Waals surface area (Å²) in [7, 11) is -4.71. The smallest absolute Gasteiger partial charge is 0.268 e. The Bertz CT molecular complexity index is 3800. The molecule has 7 heterocycles. The number of aliphatic hydroxyl groups excluding tert-OH is 1. The van der Waals surface area contributed by atoms with Gasteiger partial charge in [-0.2, -0.15) is 8.42 Å². The van der Waals surface area contributed by atoms with Crippen LogP contribution >= 0.6 is 0 Å². The van der Waals surface area contributed by atoms with Crippen LogP contribution in [0.4, 0.5) is 5.82 Å². The predicted molar refractivity (Wildman–Crippen MR) is 342 cm³/mol. The average Bonchev–Trinajstić information content (AvgIpc) is 1.42. The van der Waals surface area contributed by atoms with Crippen LogP contribution < -0.4 is 26.8 Å². The number of allylic oxidation sites excluding steroid dienone is 1. The van der Waals surface area contributed by atoms with Gasteiger partial charge in [-0.15, -0.1) is 0 Å². The first-order chi connectivity index (χ1) is 42.6. The summed E-state index contributed by atoms with van der Waals surface area (Å²) in [5, 5.41) is 42.0. The highest BCUT2D eigenvalue weighted by Gasteiger charge is 2.52. The Balaban J connectivity index is 0.894. The number of hydrogen-bond acceptors (Lipinski definition) is 10. The summed E-state index contributed by atoms with van der Waals surface area (Å²) in [6, 6.07) is 39.2. The molecule has 5 aromatic carbocycles. The molecule has 6 aliphatic heterocycles. The maximum atomic E-state index is 14.6. The molecule has 14 nitrogen and oxygen atoms in total.